The van der Waals surface area contributed by atoms with E-state index in [0.29, 0.717) is 24.1 Å². The summed E-state index contributed by atoms with van der Waals surface area (Å²) >= 11 is 5.73. The minimum atomic E-state index is 0.0732. The lowest BCUT2D eigenvalue weighted by atomic mass is 10.2. The molecule has 1 aliphatic rings. The zero-order chi connectivity index (χ0) is 9.26. The summed E-state index contributed by atoms with van der Waals surface area (Å²) in [6, 6.07) is 4.90. The Morgan fingerprint density at radius 2 is 2.31 bits per heavy atom. The minimum Gasteiger partial charge on any atom is -0.506 e. The van der Waals surface area contributed by atoms with Crippen LogP contribution < -0.4 is 0 Å². The molecule has 1 N–H and O–H groups in total. The van der Waals surface area contributed by atoms with Crippen LogP contribution in [0.3, 0.4) is 0 Å². The summed E-state index contributed by atoms with van der Waals surface area (Å²) in [5.74, 6) is 0.672. The predicted octanol–water partition coefficient (Wildman–Crippen LogP) is 1.82. The van der Waals surface area contributed by atoms with Gasteiger partial charge in [0.2, 0.25) is 5.90 Å². The molecule has 1 aliphatic heterocycles. The van der Waals surface area contributed by atoms with Gasteiger partial charge in [0.05, 0.1) is 11.6 Å². The standard InChI is InChI=1S/C9H8ClNO2/c10-7-5-6(1-2-8(7)12)9-11-3-4-13-9/h1-2,5,12H,3-4H2. The van der Waals surface area contributed by atoms with E-state index in [2.05, 4.69) is 4.99 Å². The van der Waals surface area contributed by atoms with Gasteiger partial charge in [-0.1, -0.05) is 11.6 Å². The fraction of sp³-hybridized carbons (Fsp3) is 0.222. The van der Waals surface area contributed by atoms with E-state index in [0.717, 1.165) is 5.56 Å². The number of aliphatic imine (C=N–C) groups is 1. The van der Waals surface area contributed by atoms with E-state index >= 15 is 0 Å². The van der Waals surface area contributed by atoms with Crippen LogP contribution in [-0.2, 0) is 4.74 Å². The summed E-state index contributed by atoms with van der Waals surface area (Å²) in [7, 11) is 0. The molecule has 0 spiro atoms. The van der Waals surface area contributed by atoms with Crippen LogP contribution in [-0.4, -0.2) is 24.2 Å². The second-order valence-corrected chi connectivity index (χ2v) is 3.11. The first-order valence-electron chi connectivity index (χ1n) is 3.93. The van der Waals surface area contributed by atoms with Crippen molar-refractivity contribution in [3.05, 3.63) is 28.8 Å². The fourth-order valence-electron chi connectivity index (χ4n) is 1.15. The third-order valence-electron chi connectivity index (χ3n) is 1.78. The van der Waals surface area contributed by atoms with Crippen molar-refractivity contribution in [2.24, 2.45) is 4.99 Å². The predicted molar refractivity (Wildman–Crippen MR) is 50.5 cm³/mol. The SMILES string of the molecule is Oc1ccc(C2=NCCO2)cc1Cl. The van der Waals surface area contributed by atoms with Crippen molar-refractivity contribution in [2.75, 3.05) is 13.2 Å². The van der Waals surface area contributed by atoms with Gasteiger partial charge < -0.3 is 9.84 Å². The first-order chi connectivity index (χ1) is 6.27. The van der Waals surface area contributed by atoms with Crippen LogP contribution in [0, 0.1) is 0 Å². The van der Waals surface area contributed by atoms with Gasteiger partial charge in [0.1, 0.15) is 12.4 Å². The van der Waals surface area contributed by atoms with Gasteiger partial charge in [0.25, 0.3) is 0 Å². The van der Waals surface area contributed by atoms with Gasteiger partial charge in [-0.15, -0.1) is 0 Å². The van der Waals surface area contributed by atoms with Gasteiger partial charge in [-0.2, -0.15) is 0 Å². The number of phenolic OH excluding ortho intramolecular Hbond substituents is 1. The van der Waals surface area contributed by atoms with Crippen LogP contribution in [0.4, 0.5) is 0 Å². The number of nitrogens with zero attached hydrogens (tertiary/aromatic N) is 1. The highest BCUT2D eigenvalue weighted by molar-refractivity contribution is 6.32. The Balaban J connectivity index is 2.36. The van der Waals surface area contributed by atoms with Crippen molar-refractivity contribution in [1.29, 1.82) is 0 Å². The van der Waals surface area contributed by atoms with E-state index in [1.165, 1.54) is 6.07 Å². The molecule has 1 aromatic rings. The van der Waals surface area contributed by atoms with E-state index < -0.39 is 0 Å². The van der Waals surface area contributed by atoms with Gasteiger partial charge in [0.15, 0.2) is 0 Å². The third-order valence-corrected chi connectivity index (χ3v) is 2.08. The molecule has 1 heterocycles. The highest BCUT2D eigenvalue weighted by Gasteiger charge is 2.11. The van der Waals surface area contributed by atoms with Crippen LogP contribution in [0.1, 0.15) is 5.56 Å². The smallest absolute Gasteiger partial charge is 0.216 e. The number of phenols is 1. The Morgan fingerprint density at radius 1 is 1.46 bits per heavy atom. The van der Waals surface area contributed by atoms with E-state index in [9.17, 15) is 5.11 Å². The molecule has 13 heavy (non-hydrogen) atoms. The maximum Gasteiger partial charge on any atom is 0.216 e. The Hall–Kier alpha value is -1.22. The molecule has 0 radical (unpaired) electrons. The average molecular weight is 198 g/mol. The molecule has 2 rings (SSSR count). The van der Waals surface area contributed by atoms with Crippen molar-refractivity contribution in [3.8, 4) is 5.75 Å². The highest BCUT2D eigenvalue weighted by Crippen LogP contribution is 2.24. The van der Waals surface area contributed by atoms with Gasteiger partial charge in [-0.25, -0.2) is 4.99 Å². The molecule has 0 atom stereocenters. The molecule has 0 unspecified atom stereocenters. The second kappa shape index (κ2) is 3.26. The Labute approximate surface area is 80.6 Å². The van der Waals surface area contributed by atoms with E-state index in [1.807, 2.05) is 0 Å². The molecule has 0 aliphatic carbocycles. The van der Waals surface area contributed by atoms with Crippen molar-refractivity contribution in [1.82, 2.24) is 0 Å². The van der Waals surface area contributed by atoms with Crippen LogP contribution >= 0.6 is 11.6 Å². The number of ether oxygens (including phenoxy) is 1. The normalized spacial score (nSPS) is 15.3. The van der Waals surface area contributed by atoms with Crippen molar-refractivity contribution in [2.45, 2.75) is 0 Å². The minimum absolute atomic E-state index is 0.0732. The van der Waals surface area contributed by atoms with Gasteiger partial charge in [0, 0.05) is 5.56 Å². The monoisotopic (exact) mass is 197 g/mol. The third kappa shape index (κ3) is 1.60. The first-order valence-corrected chi connectivity index (χ1v) is 4.31. The van der Waals surface area contributed by atoms with Gasteiger partial charge in [-0.05, 0) is 18.2 Å². The lowest BCUT2D eigenvalue weighted by Gasteiger charge is -2.02. The van der Waals surface area contributed by atoms with Crippen LogP contribution in [0.2, 0.25) is 5.02 Å². The summed E-state index contributed by atoms with van der Waals surface area (Å²) in [6.07, 6.45) is 0. The Kier molecular flexibility index (Phi) is 2.10. The molecule has 0 fully saturated rings. The molecule has 1 aromatic carbocycles. The van der Waals surface area contributed by atoms with Crippen LogP contribution in [0.15, 0.2) is 23.2 Å². The zero-order valence-corrected chi connectivity index (χ0v) is 7.58. The largest absolute Gasteiger partial charge is 0.506 e. The molecule has 0 bridgehead atoms. The quantitative estimate of drug-likeness (QED) is 0.746. The Bertz CT molecular complexity index is 363. The lowest BCUT2D eigenvalue weighted by molar-refractivity contribution is 0.348. The molecule has 0 amide bonds. The van der Waals surface area contributed by atoms with E-state index in [1.54, 1.807) is 12.1 Å². The van der Waals surface area contributed by atoms with Crippen LogP contribution in [0.25, 0.3) is 0 Å². The van der Waals surface area contributed by atoms with Crippen molar-refractivity contribution < 1.29 is 9.84 Å². The second-order valence-electron chi connectivity index (χ2n) is 2.70. The summed E-state index contributed by atoms with van der Waals surface area (Å²) in [5, 5.41) is 9.49. The number of hydrogen-bond acceptors (Lipinski definition) is 3. The van der Waals surface area contributed by atoms with Crippen molar-refractivity contribution in [3.63, 3.8) is 0 Å². The van der Waals surface area contributed by atoms with Crippen molar-refractivity contribution >= 4 is 17.5 Å². The summed E-state index contributed by atoms with van der Waals surface area (Å²) < 4.78 is 5.24. The topological polar surface area (TPSA) is 41.8 Å². The molecule has 0 saturated heterocycles. The maximum atomic E-state index is 9.17. The number of aromatic hydroxyl groups is 1. The summed E-state index contributed by atoms with van der Waals surface area (Å²) in [4.78, 5) is 4.13. The zero-order valence-electron chi connectivity index (χ0n) is 6.83. The number of hydrogen-bond donors (Lipinski definition) is 1. The molecular formula is C9H8ClNO2. The molecular weight excluding hydrogens is 190 g/mol. The number of halogens is 1. The molecule has 4 heteroatoms. The van der Waals surface area contributed by atoms with Gasteiger partial charge in [-0.3, -0.25) is 0 Å². The highest BCUT2D eigenvalue weighted by atomic mass is 35.5. The molecule has 0 saturated carbocycles. The number of benzene rings is 1. The average Bonchev–Trinajstić information content (AvgIpc) is 2.62. The lowest BCUT2D eigenvalue weighted by Crippen LogP contribution is -2.00. The maximum absolute atomic E-state index is 9.17. The van der Waals surface area contributed by atoms with E-state index in [-0.39, 0.29) is 5.75 Å². The Morgan fingerprint density at radius 3 is 2.92 bits per heavy atom. The summed E-state index contributed by atoms with van der Waals surface area (Å²) in [5.41, 5.74) is 0.806. The van der Waals surface area contributed by atoms with Gasteiger partial charge >= 0.3 is 0 Å². The molecule has 3 nitrogen and oxygen atoms in total. The fourth-order valence-corrected chi connectivity index (χ4v) is 1.33. The molecule has 0 aromatic heterocycles. The van der Waals surface area contributed by atoms with Crippen LogP contribution in [0.5, 0.6) is 5.75 Å². The molecule has 68 valence electrons. The first kappa shape index (κ1) is 8.38. The summed E-state index contributed by atoms with van der Waals surface area (Å²) in [6.45, 7) is 1.31. The number of rotatable bonds is 1. The van der Waals surface area contributed by atoms with E-state index in [4.69, 9.17) is 16.3 Å².